The Kier molecular flexibility index (Phi) is 3.87. The van der Waals surface area contributed by atoms with Crippen LogP contribution < -0.4 is 11.1 Å². The van der Waals surface area contributed by atoms with Gasteiger partial charge in [-0.3, -0.25) is 4.79 Å². The molecule has 4 nitrogen and oxygen atoms in total. The second-order valence-corrected chi connectivity index (χ2v) is 4.96. The molecule has 1 aromatic carbocycles. The van der Waals surface area contributed by atoms with E-state index in [9.17, 15) is 4.79 Å². The third-order valence-electron chi connectivity index (χ3n) is 3.56. The molecule has 1 aliphatic rings. The lowest BCUT2D eigenvalue weighted by molar-refractivity contribution is 0.0922. The van der Waals surface area contributed by atoms with Crippen molar-refractivity contribution in [2.75, 3.05) is 18.9 Å². The zero-order chi connectivity index (χ0) is 13.1. The summed E-state index contributed by atoms with van der Waals surface area (Å²) in [4.78, 5) is 12.1. The minimum atomic E-state index is -0.0440. The first-order valence-electron chi connectivity index (χ1n) is 6.32. The van der Waals surface area contributed by atoms with Gasteiger partial charge in [-0.15, -0.1) is 0 Å². The van der Waals surface area contributed by atoms with E-state index in [0.717, 1.165) is 25.2 Å². The topological polar surface area (TPSA) is 64.3 Å². The first kappa shape index (κ1) is 12.9. The Balaban J connectivity index is 2.00. The van der Waals surface area contributed by atoms with Crippen LogP contribution in [0, 0.1) is 12.8 Å². The van der Waals surface area contributed by atoms with E-state index in [1.807, 2.05) is 19.9 Å². The fourth-order valence-corrected chi connectivity index (χ4v) is 2.17. The summed E-state index contributed by atoms with van der Waals surface area (Å²) in [6.07, 6.45) is 1.02. The van der Waals surface area contributed by atoms with Gasteiger partial charge in [0.15, 0.2) is 0 Å². The summed E-state index contributed by atoms with van der Waals surface area (Å²) in [5.41, 5.74) is 8.04. The first-order valence-corrected chi connectivity index (χ1v) is 6.32. The minimum Gasteiger partial charge on any atom is -0.399 e. The van der Waals surface area contributed by atoms with Crippen LogP contribution in [0.15, 0.2) is 18.2 Å². The summed E-state index contributed by atoms with van der Waals surface area (Å²) in [5.74, 6) is 0.376. The third-order valence-corrected chi connectivity index (χ3v) is 3.56. The molecular weight excluding hydrogens is 228 g/mol. The first-order chi connectivity index (χ1) is 8.58. The van der Waals surface area contributed by atoms with Crippen LogP contribution in [-0.4, -0.2) is 25.2 Å². The van der Waals surface area contributed by atoms with E-state index in [0.29, 0.717) is 17.2 Å². The normalized spacial score (nSPS) is 20.7. The molecule has 0 bridgehead atoms. The number of carbonyl (C=O) groups excluding carboxylic acids is 1. The lowest BCUT2D eigenvalue weighted by Gasteiger charge is -2.19. The number of nitrogens with two attached hydrogens (primary N) is 1. The average molecular weight is 248 g/mol. The Morgan fingerprint density at radius 3 is 2.94 bits per heavy atom. The Hall–Kier alpha value is -1.55. The summed E-state index contributed by atoms with van der Waals surface area (Å²) in [6.45, 7) is 5.47. The predicted molar refractivity (Wildman–Crippen MR) is 71.4 cm³/mol. The fraction of sp³-hybridized carbons (Fsp3) is 0.500. The number of aryl methyl sites for hydroxylation is 1. The van der Waals surface area contributed by atoms with Gasteiger partial charge in [0.1, 0.15) is 0 Å². The number of amides is 1. The number of hydrogen-bond donors (Lipinski definition) is 2. The number of nitrogen functional groups attached to an aromatic ring is 1. The van der Waals surface area contributed by atoms with Gasteiger partial charge in [-0.1, -0.05) is 0 Å². The average Bonchev–Trinajstić information content (AvgIpc) is 2.86. The molecule has 0 aliphatic carbocycles. The van der Waals surface area contributed by atoms with Gasteiger partial charge in [-0.2, -0.15) is 0 Å². The van der Waals surface area contributed by atoms with Crippen molar-refractivity contribution in [3.63, 3.8) is 0 Å². The molecule has 1 saturated heterocycles. The van der Waals surface area contributed by atoms with E-state index in [1.54, 1.807) is 12.1 Å². The number of nitrogens with one attached hydrogen (secondary N) is 1. The van der Waals surface area contributed by atoms with Crippen LogP contribution >= 0.6 is 0 Å². The largest absolute Gasteiger partial charge is 0.399 e. The highest BCUT2D eigenvalue weighted by Gasteiger charge is 2.23. The standard InChI is InChI=1S/C14H20N2O2/c1-9-7-11(3-4-13(9)15)14(17)16-10(2)12-5-6-18-8-12/h3-4,7,10,12H,5-6,8,15H2,1-2H3,(H,16,17). The van der Waals surface area contributed by atoms with Crippen molar-refractivity contribution in [2.45, 2.75) is 26.3 Å². The predicted octanol–water partition coefficient (Wildman–Crippen LogP) is 1.73. The number of rotatable bonds is 3. The Morgan fingerprint density at radius 2 is 2.33 bits per heavy atom. The molecule has 4 heteroatoms. The Bertz CT molecular complexity index is 439. The smallest absolute Gasteiger partial charge is 0.251 e. The molecule has 1 heterocycles. The van der Waals surface area contributed by atoms with Crippen LogP contribution in [0.25, 0.3) is 0 Å². The maximum atomic E-state index is 12.1. The van der Waals surface area contributed by atoms with Gasteiger partial charge in [0.25, 0.3) is 5.91 Å². The number of carbonyl (C=O) groups is 1. The summed E-state index contributed by atoms with van der Waals surface area (Å²) in [7, 11) is 0. The van der Waals surface area contributed by atoms with Gasteiger partial charge in [0.05, 0.1) is 6.61 Å². The zero-order valence-electron chi connectivity index (χ0n) is 10.9. The molecule has 0 radical (unpaired) electrons. The van der Waals surface area contributed by atoms with Gasteiger partial charge in [0, 0.05) is 29.8 Å². The molecule has 1 aliphatic heterocycles. The quantitative estimate of drug-likeness (QED) is 0.801. The Labute approximate surface area is 108 Å². The van der Waals surface area contributed by atoms with Crippen molar-refractivity contribution in [1.82, 2.24) is 5.32 Å². The van der Waals surface area contributed by atoms with Crippen LogP contribution in [0.2, 0.25) is 0 Å². The molecule has 2 rings (SSSR count). The van der Waals surface area contributed by atoms with Crippen molar-refractivity contribution >= 4 is 11.6 Å². The van der Waals surface area contributed by atoms with Crippen molar-refractivity contribution in [2.24, 2.45) is 5.92 Å². The second kappa shape index (κ2) is 5.40. The zero-order valence-corrected chi connectivity index (χ0v) is 10.9. The highest BCUT2D eigenvalue weighted by molar-refractivity contribution is 5.95. The maximum absolute atomic E-state index is 12.1. The van der Waals surface area contributed by atoms with Crippen molar-refractivity contribution in [1.29, 1.82) is 0 Å². The maximum Gasteiger partial charge on any atom is 0.251 e. The summed E-state index contributed by atoms with van der Waals surface area (Å²) < 4.78 is 5.33. The van der Waals surface area contributed by atoms with Crippen molar-refractivity contribution < 1.29 is 9.53 Å². The highest BCUT2D eigenvalue weighted by Crippen LogP contribution is 2.17. The lowest BCUT2D eigenvalue weighted by atomic mass is 10.00. The molecule has 1 aromatic rings. The molecule has 2 atom stereocenters. The van der Waals surface area contributed by atoms with E-state index in [1.165, 1.54) is 0 Å². The van der Waals surface area contributed by atoms with E-state index in [4.69, 9.17) is 10.5 Å². The molecule has 2 unspecified atom stereocenters. The molecule has 1 fully saturated rings. The van der Waals surface area contributed by atoms with Gasteiger partial charge in [-0.25, -0.2) is 0 Å². The fourth-order valence-electron chi connectivity index (χ4n) is 2.17. The third kappa shape index (κ3) is 2.82. The number of anilines is 1. The van der Waals surface area contributed by atoms with Gasteiger partial charge in [0.2, 0.25) is 0 Å². The van der Waals surface area contributed by atoms with E-state index in [2.05, 4.69) is 5.32 Å². The van der Waals surface area contributed by atoms with Crippen molar-refractivity contribution in [3.8, 4) is 0 Å². The highest BCUT2D eigenvalue weighted by atomic mass is 16.5. The van der Waals surface area contributed by atoms with Gasteiger partial charge >= 0.3 is 0 Å². The minimum absolute atomic E-state index is 0.0440. The van der Waals surface area contributed by atoms with Crippen LogP contribution in [0.1, 0.15) is 29.3 Å². The van der Waals surface area contributed by atoms with E-state index in [-0.39, 0.29) is 11.9 Å². The van der Waals surface area contributed by atoms with Crippen LogP contribution in [-0.2, 0) is 4.74 Å². The van der Waals surface area contributed by atoms with Gasteiger partial charge in [-0.05, 0) is 44.0 Å². The van der Waals surface area contributed by atoms with E-state index < -0.39 is 0 Å². The SMILES string of the molecule is Cc1cc(C(=O)NC(C)C2CCOC2)ccc1N. The Morgan fingerprint density at radius 1 is 1.56 bits per heavy atom. The van der Waals surface area contributed by atoms with E-state index >= 15 is 0 Å². The molecule has 0 spiro atoms. The molecule has 98 valence electrons. The summed E-state index contributed by atoms with van der Waals surface area (Å²) in [5, 5.41) is 3.03. The number of ether oxygens (including phenoxy) is 1. The van der Waals surface area contributed by atoms with Crippen molar-refractivity contribution in [3.05, 3.63) is 29.3 Å². The summed E-state index contributed by atoms with van der Waals surface area (Å²) in [6, 6.07) is 5.49. The van der Waals surface area contributed by atoms with Crippen LogP contribution in [0.4, 0.5) is 5.69 Å². The van der Waals surface area contributed by atoms with Crippen LogP contribution in [0.5, 0.6) is 0 Å². The molecule has 3 N–H and O–H groups in total. The molecule has 0 aromatic heterocycles. The number of hydrogen-bond acceptors (Lipinski definition) is 3. The molecule has 18 heavy (non-hydrogen) atoms. The molecule has 0 saturated carbocycles. The summed E-state index contributed by atoms with van der Waals surface area (Å²) >= 11 is 0. The molecule has 1 amide bonds. The van der Waals surface area contributed by atoms with Gasteiger partial charge < -0.3 is 15.8 Å². The second-order valence-electron chi connectivity index (χ2n) is 4.96. The monoisotopic (exact) mass is 248 g/mol. The van der Waals surface area contributed by atoms with Crippen LogP contribution in [0.3, 0.4) is 0 Å². The lowest BCUT2D eigenvalue weighted by Crippen LogP contribution is -2.38. The molecular formula is C14H20N2O2. The number of benzene rings is 1.